The highest BCUT2D eigenvalue weighted by Gasteiger charge is 2.18. The number of aromatic nitrogens is 1. The second-order valence-corrected chi connectivity index (χ2v) is 8.85. The van der Waals surface area contributed by atoms with Crippen LogP contribution in [0.25, 0.3) is 0 Å². The fourth-order valence-corrected chi connectivity index (χ4v) is 4.35. The molecule has 140 valence electrons. The van der Waals surface area contributed by atoms with E-state index in [4.69, 9.17) is 11.6 Å². The third-order valence-corrected chi connectivity index (χ3v) is 6.21. The molecule has 2 aromatic carbocycles. The van der Waals surface area contributed by atoms with E-state index in [0.29, 0.717) is 10.7 Å². The second-order valence-electron chi connectivity index (χ2n) is 5.87. The van der Waals surface area contributed by atoms with Crippen LogP contribution >= 0.6 is 22.9 Å². The van der Waals surface area contributed by atoms with Crippen LogP contribution in [-0.4, -0.2) is 19.3 Å². The van der Waals surface area contributed by atoms with Crippen molar-refractivity contribution >= 4 is 49.7 Å². The normalized spacial score (nSPS) is 11.2. The Morgan fingerprint density at radius 3 is 2.52 bits per heavy atom. The van der Waals surface area contributed by atoms with Gasteiger partial charge >= 0.3 is 0 Å². The van der Waals surface area contributed by atoms with Crippen molar-refractivity contribution in [2.24, 2.45) is 0 Å². The fraction of sp³-hybridized carbons (Fsp3) is 0.111. The number of aryl methyl sites for hydroxylation is 2. The van der Waals surface area contributed by atoms with Crippen molar-refractivity contribution in [2.45, 2.75) is 18.7 Å². The summed E-state index contributed by atoms with van der Waals surface area (Å²) in [6.45, 7) is 3.71. The number of halogens is 1. The van der Waals surface area contributed by atoms with Crippen LogP contribution in [0.4, 0.5) is 10.8 Å². The zero-order valence-corrected chi connectivity index (χ0v) is 16.9. The first-order valence-corrected chi connectivity index (χ1v) is 10.6. The van der Waals surface area contributed by atoms with Gasteiger partial charge in [0.1, 0.15) is 5.69 Å². The maximum Gasteiger partial charge on any atom is 0.275 e. The summed E-state index contributed by atoms with van der Waals surface area (Å²) in [6.07, 6.45) is 0. The summed E-state index contributed by atoms with van der Waals surface area (Å²) in [5, 5.41) is 4.83. The van der Waals surface area contributed by atoms with Crippen molar-refractivity contribution in [1.82, 2.24) is 4.98 Å². The Balaban J connectivity index is 1.75. The number of carbonyl (C=O) groups is 1. The summed E-state index contributed by atoms with van der Waals surface area (Å²) >= 11 is 6.98. The Labute approximate surface area is 166 Å². The van der Waals surface area contributed by atoms with E-state index in [0.717, 1.165) is 22.5 Å². The number of nitrogens with zero attached hydrogens (tertiary/aromatic N) is 1. The lowest BCUT2D eigenvalue weighted by Crippen LogP contribution is -2.15. The van der Waals surface area contributed by atoms with Crippen LogP contribution in [0, 0.1) is 13.8 Å². The number of amides is 1. The fourth-order valence-electron chi connectivity index (χ4n) is 2.23. The van der Waals surface area contributed by atoms with Gasteiger partial charge in [-0.25, -0.2) is 13.4 Å². The number of hydrogen-bond donors (Lipinski definition) is 2. The van der Waals surface area contributed by atoms with Gasteiger partial charge in [0.2, 0.25) is 0 Å². The first-order chi connectivity index (χ1) is 12.7. The molecule has 0 bridgehead atoms. The third-order valence-electron chi connectivity index (χ3n) is 3.74. The minimum absolute atomic E-state index is 0.112. The van der Waals surface area contributed by atoms with E-state index in [1.165, 1.54) is 17.5 Å². The zero-order chi connectivity index (χ0) is 19.6. The molecule has 9 heteroatoms. The van der Waals surface area contributed by atoms with Gasteiger partial charge in [-0.1, -0.05) is 35.4 Å². The summed E-state index contributed by atoms with van der Waals surface area (Å²) in [5.41, 5.74) is 2.49. The SMILES string of the molecule is Cc1ccc(S(=O)(=O)Nc2nc(C(=O)Nc3cc(Cl)ccc3C)cs2)cc1. The number of rotatable bonds is 5. The number of nitrogens with one attached hydrogen (secondary N) is 2. The van der Waals surface area contributed by atoms with Gasteiger partial charge in [0, 0.05) is 16.1 Å². The summed E-state index contributed by atoms with van der Waals surface area (Å²) in [5.74, 6) is -0.447. The number of anilines is 2. The van der Waals surface area contributed by atoms with Crippen molar-refractivity contribution in [3.05, 3.63) is 69.7 Å². The molecule has 0 fully saturated rings. The van der Waals surface area contributed by atoms with Crippen LogP contribution in [0.15, 0.2) is 52.7 Å². The van der Waals surface area contributed by atoms with E-state index in [1.807, 2.05) is 13.8 Å². The monoisotopic (exact) mass is 421 g/mol. The molecule has 0 aliphatic heterocycles. The predicted molar refractivity (Wildman–Crippen MR) is 108 cm³/mol. The van der Waals surface area contributed by atoms with Crippen LogP contribution in [-0.2, 0) is 10.0 Å². The summed E-state index contributed by atoms with van der Waals surface area (Å²) in [6, 6.07) is 11.6. The molecule has 0 aliphatic carbocycles. The summed E-state index contributed by atoms with van der Waals surface area (Å²) in [7, 11) is -3.76. The topological polar surface area (TPSA) is 88.2 Å². The van der Waals surface area contributed by atoms with Crippen LogP contribution in [0.1, 0.15) is 21.6 Å². The van der Waals surface area contributed by atoms with E-state index < -0.39 is 15.9 Å². The van der Waals surface area contributed by atoms with Gasteiger partial charge in [-0.2, -0.15) is 0 Å². The average Bonchev–Trinajstić information content (AvgIpc) is 3.06. The minimum Gasteiger partial charge on any atom is -0.320 e. The molecule has 1 heterocycles. The standard InChI is InChI=1S/C18H16ClN3O3S2/c1-11-3-7-14(8-4-11)27(24,25)22-18-21-16(10-26-18)17(23)20-15-9-13(19)6-5-12(15)2/h3-10H,1-2H3,(H,20,23)(H,21,22). The highest BCUT2D eigenvalue weighted by atomic mass is 35.5. The van der Waals surface area contributed by atoms with Crippen molar-refractivity contribution in [1.29, 1.82) is 0 Å². The maximum atomic E-state index is 12.4. The maximum absolute atomic E-state index is 12.4. The number of thiazole rings is 1. The van der Waals surface area contributed by atoms with Crippen molar-refractivity contribution in [3.8, 4) is 0 Å². The lowest BCUT2D eigenvalue weighted by molar-refractivity contribution is 0.102. The molecule has 0 aliphatic rings. The van der Waals surface area contributed by atoms with Crippen molar-refractivity contribution < 1.29 is 13.2 Å². The molecule has 0 spiro atoms. The van der Waals surface area contributed by atoms with Gasteiger partial charge in [-0.15, -0.1) is 11.3 Å². The number of sulfonamides is 1. The zero-order valence-electron chi connectivity index (χ0n) is 14.5. The van der Waals surface area contributed by atoms with Gasteiger partial charge < -0.3 is 5.32 Å². The second kappa shape index (κ2) is 7.67. The molecule has 2 N–H and O–H groups in total. The molecule has 0 unspecified atom stereocenters. The van der Waals surface area contributed by atoms with Gasteiger partial charge in [0.05, 0.1) is 4.90 Å². The average molecular weight is 422 g/mol. The quantitative estimate of drug-likeness (QED) is 0.636. The van der Waals surface area contributed by atoms with E-state index in [-0.39, 0.29) is 15.7 Å². The van der Waals surface area contributed by atoms with E-state index >= 15 is 0 Å². The lowest BCUT2D eigenvalue weighted by atomic mass is 10.2. The highest BCUT2D eigenvalue weighted by Crippen LogP contribution is 2.23. The Bertz CT molecular complexity index is 1090. The molecule has 0 saturated heterocycles. The lowest BCUT2D eigenvalue weighted by Gasteiger charge is -2.07. The van der Waals surface area contributed by atoms with E-state index in [2.05, 4.69) is 15.0 Å². The molecule has 3 rings (SSSR count). The molecule has 3 aromatic rings. The third kappa shape index (κ3) is 4.65. The molecule has 0 radical (unpaired) electrons. The Morgan fingerprint density at radius 2 is 1.81 bits per heavy atom. The number of carbonyl (C=O) groups excluding carboxylic acids is 1. The molecule has 0 atom stereocenters. The van der Waals surface area contributed by atoms with Crippen LogP contribution < -0.4 is 10.0 Å². The van der Waals surface area contributed by atoms with Crippen molar-refractivity contribution in [3.63, 3.8) is 0 Å². The number of benzene rings is 2. The van der Waals surface area contributed by atoms with Crippen LogP contribution in [0.3, 0.4) is 0 Å². The molecule has 27 heavy (non-hydrogen) atoms. The van der Waals surface area contributed by atoms with Gasteiger partial charge in [-0.3, -0.25) is 9.52 Å². The number of hydrogen-bond acceptors (Lipinski definition) is 5. The molecule has 1 aromatic heterocycles. The molecular formula is C18H16ClN3O3S2. The first-order valence-electron chi connectivity index (χ1n) is 7.87. The summed E-state index contributed by atoms with van der Waals surface area (Å²) < 4.78 is 27.2. The molecule has 6 nitrogen and oxygen atoms in total. The highest BCUT2D eigenvalue weighted by molar-refractivity contribution is 7.93. The predicted octanol–water partition coefficient (Wildman–Crippen LogP) is 4.47. The molecule has 0 saturated carbocycles. The van der Waals surface area contributed by atoms with Gasteiger partial charge in [-0.05, 0) is 43.7 Å². The smallest absolute Gasteiger partial charge is 0.275 e. The largest absolute Gasteiger partial charge is 0.320 e. The first kappa shape index (κ1) is 19.3. The van der Waals surface area contributed by atoms with E-state index in [9.17, 15) is 13.2 Å². The van der Waals surface area contributed by atoms with Crippen LogP contribution in [0.2, 0.25) is 5.02 Å². The Morgan fingerprint density at radius 1 is 1.11 bits per heavy atom. The van der Waals surface area contributed by atoms with E-state index in [1.54, 1.807) is 30.3 Å². The molecular weight excluding hydrogens is 406 g/mol. The van der Waals surface area contributed by atoms with Gasteiger partial charge in [0.15, 0.2) is 5.13 Å². The summed E-state index contributed by atoms with van der Waals surface area (Å²) in [4.78, 5) is 16.6. The Kier molecular flexibility index (Phi) is 5.50. The van der Waals surface area contributed by atoms with Crippen LogP contribution in [0.5, 0.6) is 0 Å². The Hall–Kier alpha value is -2.42. The van der Waals surface area contributed by atoms with Gasteiger partial charge in [0.25, 0.3) is 15.9 Å². The minimum atomic E-state index is -3.76. The van der Waals surface area contributed by atoms with Crippen molar-refractivity contribution in [2.75, 3.05) is 10.0 Å². The molecule has 1 amide bonds.